The van der Waals surface area contributed by atoms with Gasteiger partial charge in [0.05, 0.1) is 5.69 Å². The van der Waals surface area contributed by atoms with Crippen molar-refractivity contribution in [2.75, 3.05) is 4.72 Å². The van der Waals surface area contributed by atoms with Crippen molar-refractivity contribution >= 4 is 32.0 Å². The minimum atomic E-state index is -3.77. The van der Waals surface area contributed by atoms with Crippen LogP contribution in [-0.4, -0.2) is 23.0 Å². The van der Waals surface area contributed by atoms with Gasteiger partial charge in [0.2, 0.25) is 9.99 Å². The van der Waals surface area contributed by atoms with Crippen LogP contribution in [0.15, 0.2) is 29.3 Å². The quantitative estimate of drug-likeness (QED) is 0.751. The molecule has 128 valence electrons. The number of hydrogen-bond acceptors (Lipinski definition) is 5. The number of anilines is 1. The molecule has 0 saturated heterocycles. The van der Waals surface area contributed by atoms with Gasteiger partial charge < -0.3 is 0 Å². The Morgan fingerprint density at radius 2 is 2.08 bits per heavy atom. The van der Waals surface area contributed by atoms with Crippen molar-refractivity contribution in [2.24, 2.45) is 0 Å². The van der Waals surface area contributed by atoms with Crippen molar-refractivity contribution in [3.63, 3.8) is 0 Å². The molecule has 2 heterocycles. The van der Waals surface area contributed by atoms with Crippen molar-refractivity contribution in [2.45, 2.75) is 45.1 Å². The number of imidazole rings is 1. The fraction of sp³-hybridized carbons (Fsp3) is 0.375. The summed E-state index contributed by atoms with van der Waals surface area (Å²) in [7, 11) is -3.77. The van der Waals surface area contributed by atoms with Crippen molar-refractivity contribution < 1.29 is 8.42 Å². The summed E-state index contributed by atoms with van der Waals surface area (Å²) in [5.74, 6) is 0.323. The van der Waals surface area contributed by atoms with Crippen LogP contribution in [0.25, 0.3) is 4.96 Å². The Bertz CT molecular complexity index is 987. The Morgan fingerprint density at radius 1 is 1.33 bits per heavy atom. The Kier molecular flexibility index (Phi) is 4.35. The number of benzene rings is 1. The predicted octanol–water partition coefficient (Wildman–Crippen LogP) is 3.59. The number of nitrogens with one attached hydrogen (secondary N) is 1. The van der Waals surface area contributed by atoms with Gasteiger partial charge in [0.15, 0.2) is 0 Å². The lowest BCUT2D eigenvalue weighted by Crippen LogP contribution is -2.17. The van der Waals surface area contributed by atoms with E-state index < -0.39 is 10.0 Å². The van der Waals surface area contributed by atoms with E-state index in [4.69, 9.17) is 0 Å². The van der Waals surface area contributed by atoms with Crippen LogP contribution in [0.3, 0.4) is 0 Å². The molecule has 0 spiro atoms. The highest BCUT2D eigenvalue weighted by Crippen LogP contribution is 2.25. The molecule has 0 fully saturated rings. The van der Waals surface area contributed by atoms with E-state index in [0.29, 0.717) is 22.3 Å². The molecule has 8 heteroatoms. The molecule has 1 N–H and O–H groups in total. The van der Waals surface area contributed by atoms with Gasteiger partial charge in [-0.1, -0.05) is 44.2 Å². The molecule has 0 aliphatic carbocycles. The maximum atomic E-state index is 12.9. The van der Waals surface area contributed by atoms with Gasteiger partial charge in [-0.2, -0.15) is 18.0 Å². The van der Waals surface area contributed by atoms with E-state index >= 15 is 0 Å². The molecule has 0 unspecified atom stereocenters. The summed E-state index contributed by atoms with van der Waals surface area (Å²) in [6.45, 7) is 7.81. The Hall–Kier alpha value is -1.93. The molecule has 6 nitrogen and oxygen atoms in total. The minimum absolute atomic E-state index is 0.100. The largest absolute Gasteiger partial charge is 0.281 e. The van der Waals surface area contributed by atoms with Gasteiger partial charge in [0.25, 0.3) is 10.0 Å². The first-order valence-electron chi connectivity index (χ1n) is 7.79. The van der Waals surface area contributed by atoms with Gasteiger partial charge in [0, 0.05) is 5.69 Å². The molecule has 3 aromatic rings. The number of rotatable bonds is 5. The lowest BCUT2D eigenvalue weighted by molar-refractivity contribution is 0.592. The summed E-state index contributed by atoms with van der Waals surface area (Å²) in [5.41, 5.74) is 2.07. The number of hydrogen-bond donors (Lipinski definition) is 1. The monoisotopic (exact) mass is 364 g/mol. The zero-order valence-corrected chi connectivity index (χ0v) is 15.7. The van der Waals surface area contributed by atoms with Crippen LogP contribution in [0.1, 0.15) is 43.0 Å². The Balaban J connectivity index is 2.03. The topological polar surface area (TPSA) is 76.4 Å². The van der Waals surface area contributed by atoms with E-state index in [0.717, 1.165) is 17.0 Å². The van der Waals surface area contributed by atoms with Crippen molar-refractivity contribution in [1.82, 2.24) is 14.6 Å². The second kappa shape index (κ2) is 6.18. The summed E-state index contributed by atoms with van der Waals surface area (Å²) in [6.07, 6.45) is 0.746. The smallest absolute Gasteiger partial charge is 0.278 e. The van der Waals surface area contributed by atoms with Crippen LogP contribution < -0.4 is 4.72 Å². The van der Waals surface area contributed by atoms with Gasteiger partial charge in [-0.15, -0.1) is 0 Å². The molecular formula is C16H20N4O2S2. The molecule has 0 bridgehead atoms. The molecular weight excluding hydrogens is 344 g/mol. The summed E-state index contributed by atoms with van der Waals surface area (Å²) in [6, 6.07) is 7.44. The van der Waals surface area contributed by atoms with E-state index in [1.54, 1.807) is 13.0 Å². The molecule has 1 aromatic carbocycles. The first-order chi connectivity index (χ1) is 11.3. The molecule has 2 aromatic heterocycles. The predicted molar refractivity (Wildman–Crippen MR) is 96.3 cm³/mol. The maximum absolute atomic E-state index is 12.9. The summed E-state index contributed by atoms with van der Waals surface area (Å²) in [5, 5.41) is 5.32. The number of aryl methyl sites for hydroxylation is 2. The van der Waals surface area contributed by atoms with Crippen LogP contribution in [0.4, 0.5) is 5.69 Å². The summed E-state index contributed by atoms with van der Waals surface area (Å²) in [4.78, 5) is 4.93. The van der Waals surface area contributed by atoms with Gasteiger partial charge in [-0.05, 0) is 37.0 Å². The maximum Gasteiger partial charge on any atom is 0.281 e. The van der Waals surface area contributed by atoms with E-state index in [-0.39, 0.29) is 5.03 Å². The van der Waals surface area contributed by atoms with Gasteiger partial charge in [-0.25, -0.2) is 4.98 Å². The fourth-order valence-corrected chi connectivity index (χ4v) is 4.75. The van der Waals surface area contributed by atoms with E-state index in [9.17, 15) is 8.42 Å². The van der Waals surface area contributed by atoms with Gasteiger partial charge >= 0.3 is 0 Å². The third-order valence-electron chi connectivity index (χ3n) is 3.73. The highest BCUT2D eigenvalue weighted by molar-refractivity contribution is 7.92. The molecule has 0 aliphatic heterocycles. The Morgan fingerprint density at radius 3 is 2.75 bits per heavy atom. The highest BCUT2D eigenvalue weighted by atomic mass is 32.2. The van der Waals surface area contributed by atoms with E-state index in [1.807, 2.05) is 25.1 Å². The number of nitrogens with zero attached hydrogens (tertiary/aromatic N) is 3. The first-order valence-corrected chi connectivity index (χ1v) is 10.1. The van der Waals surface area contributed by atoms with E-state index in [1.165, 1.54) is 15.9 Å². The second-order valence-electron chi connectivity index (χ2n) is 5.93. The zero-order valence-electron chi connectivity index (χ0n) is 14.1. The molecule has 0 aliphatic rings. The van der Waals surface area contributed by atoms with Crippen LogP contribution in [0.2, 0.25) is 0 Å². The summed E-state index contributed by atoms with van der Waals surface area (Å²) < 4.78 is 29.8. The molecule has 0 amide bonds. The second-order valence-corrected chi connectivity index (χ2v) is 8.57. The highest BCUT2D eigenvalue weighted by Gasteiger charge is 2.25. The standard InChI is InChI=1S/C16H20N4O2S2/c1-5-14-18-20-15(11(4)17-16(20)23-14)24(21,22)19-13-8-6-7-12(9-13)10(2)3/h6-10,19H,5H2,1-4H3. The third kappa shape index (κ3) is 3.03. The normalized spacial score (nSPS) is 12.2. The average molecular weight is 364 g/mol. The van der Waals surface area contributed by atoms with Crippen LogP contribution in [-0.2, 0) is 16.4 Å². The van der Waals surface area contributed by atoms with Crippen molar-refractivity contribution in [3.05, 3.63) is 40.5 Å². The van der Waals surface area contributed by atoms with Crippen molar-refractivity contribution in [1.29, 1.82) is 0 Å². The molecule has 24 heavy (non-hydrogen) atoms. The minimum Gasteiger partial charge on any atom is -0.278 e. The lowest BCUT2D eigenvalue weighted by Gasteiger charge is -2.11. The van der Waals surface area contributed by atoms with Gasteiger partial charge in [0.1, 0.15) is 5.01 Å². The SMILES string of the molecule is CCc1nn2c(S(=O)(=O)Nc3cccc(C(C)C)c3)c(C)nc2s1. The fourth-order valence-electron chi connectivity index (χ4n) is 2.49. The Labute approximate surface area is 145 Å². The first kappa shape index (κ1) is 16.9. The molecule has 0 radical (unpaired) electrons. The lowest BCUT2D eigenvalue weighted by atomic mass is 10.0. The van der Waals surface area contributed by atoms with Crippen LogP contribution in [0, 0.1) is 6.92 Å². The third-order valence-corrected chi connectivity index (χ3v) is 6.26. The molecule has 0 atom stereocenters. The number of sulfonamides is 1. The number of fused-ring (bicyclic) bond motifs is 1. The van der Waals surface area contributed by atoms with Gasteiger partial charge in [-0.3, -0.25) is 4.72 Å². The molecule has 0 saturated carbocycles. The summed E-state index contributed by atoms with van der Waals surface area (Å²) >= 11 is 1.41. The molecule has 3 rings (SSSR count). The number of aromatic nitrogens is 3. The van der Waals surface area contributed by atoms with Crippen LogP contribution >= 0.6 is 11.3 Å². The van der Waals surface area contributed by atoms with Crippen LogP contribution in [0.5, 0.6) is 0 Å². The van der Waals surface area contributed by atoms with E-state index in [2.05, 4.69) is 28.7 Å². The van der Waals surface area contributed by atoms with Crippen molar-refractivity contribution in [3.8, 4) is 0 Å². The zero-order chi connectivity index (χ0) is 17.5. The average Bonchev–Trinajstić information content (AvgIpc) is 3.02.